The van der Waals surface area contributed by atoms with Crippen LogP contribution in [0.1, 0.15) is 43.0 Å². The molecule has 2 aliphatic rings. The van der Waals surface area contributed by atoms with Gasteiger partial charge in [-0.25, -0.2) is 0 Å². The largest absolute Gasteiger partial charge is 0.489 e. The highest BCUT2D eigenvalue weighted by atomic mass is 16.5. The summed E-state index contributed by atoms with van der Waals surface area (Å²) in [6, 6.07) is 23.8. The monoisotopic (exact) mass is 442 g/mol. The highest BCUT2D eigenvalue weighted by molar-refractivity contribution is 5.71. The van der Waals surface area contributed by atoms with Crippen LogP contribution >= 0.6 is 0 Å². The van der Waals surface area contributed by atoms with Gasteiger partial charge in [0.25, 0.3) is 0 Å². The van der Waals surface area contributed by atoms with E-state index in [4.69, 9.17) is 15.2 Å². The van der Waals surface area contributed by atoms with Crippen molar-refractivity contribution in [2.75, 3.05) is 31.2 Å². The van der Waals surface area contributed by atoms with E-state index in [2.05, 4.69) is 72.5 Å². The van der Waals surface area contributed by atoms with Crippen molar-refractivity contribution in [3.63, 3.8) is 0 Å². The number of nitrogens with zero attached hydrogens (tertiary/aromatic N) is 1. The van der Waals surface area contributed by atoms with Gasteiger partial charge in [0.2, 0.25) is 0 Å². The average Bonchev–Trinajstić information content (AvgIpc) is 3.32. The van der Waals surface area contributed by atoms with E-state index < -0.39 is 0 Å². The lowest BCUT2D eigenvalue weighted by atomic mass is 9.79. The molecule has 0 bridgehead atoms. The Balaban J connectivity index is 1.44. The van der Waals surface area contributed by atoms with E-state index >= 15 is 0 Å². The molecule has 2 aliphatic heterocycles. The maximum absolute atomic E-state index is 6.29. The van der Waals surface area contributed by atoms with Crippen molar-refractivity contribution in [1.29, 1.82) is 0 Å². The van der Waals surface area contributed by atoms with Gasteiger partial charge in [0.1, 0.15) is 12.4 Å². The van der Waals surface area contributed by atoms with Crippen molar-refractivity contribution in [1.82, 2.24) is 0 Å². The average molecular weight is 443 g/mol. The molecular weight excluding hydrogens is 408 g/mol. The van der Waals surface area contributed by atoms with Crippen LogP contribution in [0, 0.1) is 5.41 Å². The van der Waals surface area contributed by atoms with E-state index in [1.54, 1.807) is 0 Å². The number of hydrogen-bond acceptors (Lipinski definition) is 4. The van der Waals surface area contributed by atoms with Crippen LogP contribution in [0.25, 0.3) is 11.1 Å². The fourth-order valence-electron chi connectivity index (χ4n) is 5.05. The van der Waals surface area contributed by atoms with Crippen LogP contribution in [0.15, 0.2) is 66.7 Å². The van der Waals surface area contributed by atoms with Crippen molar-refractivity contribution < 1.29 is 9.47 Å². The summed E-state index contributed by atoms with van der Waals surface area (Å²) in [7, 11) is 0. The van der Waals surface area contributed by atoms with Crippen molar-refractivity contribution >= 4 is 5.69 Å². The van der Waals surface area contributed by atoms with Crippen LogP contribution in [0.2, 0.25) is 0 Å². The molecule has 0 aromatic heterocycles. The number of para-hydroxylation sites is 1. The summed E-state index contributed by atoms with van der Waals surface area (Å²) in [4.78, 5) is 2.48. The lowest BCUT2D eigenvalue weighted by Gasteiger charge is -2.48. The van der Waals surface area contributed by atoms with E-state index in [-0.39, 0.29) is 6.04 Å². The predicted octanol–water partition coefficient (Wildman–Crippen LogP) is 5.74. The molecule has 0 amide bonds. The summed E-state index contributed by atoms with van der Waals surface area (Å²) in [6.07, 6.45) is 2.13. The smallest absolute Gasteiger partial charge is 0.122 e. The lowest BCUT2D eigenvalue weighted by molar-refractivity contribution is 0.131. The predicted molar refractivity (Wildman–Crippen MR) is 135 cm³/mol. The molecule has 4 heteroatoms. The van der Waals surface area contributed by atoms with Crippen LogP contribution < -0.4 is 15.4 Å². The molecule has 0 radical (unpaired) electrons. The Bertz CT molecular complexity index is 1110. The minimum absolute atomic E-state index is 0.0130. The molecular formula is C29H34N2O2. The first-order valence-electron chi connectivity index (χ1n) is 12.1. The van der Waals surface area contributed by atoms with Gasteiger partial charge in [0, 0.05) is 36.8 Å². The summed E-state index contributed by atoms with van der Waals surface area (Å²) in [5.74, 6) is 0.969. The Hall–Kier alpha value is -2.82. The number of ether oxygens (including phenoxy) is 2. The molecule has 33 heavy (non-hydrogen) atoms. The van der Waals surface area contributed by atoms with E-state index in [9.17, 15) is 0 Å². The summed E-state index contributed by atoms with van der Waals surface area (Å²) in [5, 5.41) is 0. The molecule has 1 atom stereocenters. The molecule has 2 fully saturated rings. The van der Waals surface area contributed by atoms with Crippen molar-refractivity contribution in [2.45, 2.75) is 39.3 Å². The minimum atomic E-state index is 0.0130. The van der Waals surface area contributed by atoms with Gasteiger partial charge in [-0.3, -0.25) is 0 Å². The van der Waals surface area contributed by atoms with E-state index in [0.717, 1.165) is 44.0 Å². The zero-order valence-corrected chi connectivity index (χ0v) is 19.7. The zero-order chi connectivity index (χ0) is 22.8. The SMILES string of the molecule is CCc1ccccc1OCc1cc(-c2cccc(C(C)N)c2)cc(N2CC3(CCOC3)C2)c1. The van der Waals surface area contributed by atoms with Gasteiger partial charge in [-0.05, 0) is 77.9 Å². The van der Waals surface area contributed by atoms with Crippen molar-refractivity contribution in [3.05, 3.63) is 83.4 Å². The first kappa shape index (κ1) is 22.0. The number of rotatable bonds is 7. The van der Waals surface area contributed by atoms with Gasteiger partial charge in [0.05, 0.1) is 6.61 Å². The molecule has 1 spiro atoms. The third-order valence-corrected chi connectivity index (χ3v) is 7.07. The van der Waals surface area contributed by atoms with E-state index in [1.807, 2.05) is 13.0 Å². The number of nitrogens with two attached hydrogens (primary N) is 1. The van der Waals surface area contributed by atoms with Gasteiger partial charge in [-0.15, -0.1) is 0 Å². The van der Waals surface area contributed by atoms with Crippen molar-refractivity contribution in [2.24, 2.45) is 11.1 Å². The lowest BCUT2D eigenvalue weighted by Crippen LogP contribution is -2.57. The van der Waals surface area contributed by atoms with Crippen LogP contribution in [0.3, 0.4) is 0 Å². The molecule has 3 aromatic carbocycles. The molecule has 2 saturated heterocycles. The molecule has 3 aromatic rings. The third kappa shape index (κ3) is 4.64. The second kappa shape index (κ2) is 9.20. The van der Waals surface area contributed by atoms with E-state index in [1.165, 1.54) is 34.4 Å². The fraction of sp³-hybridized carbons (Fsp3) is 0.379. The van der Waals surface area contributed by atoms with Gasteiger partial charge in [-0.2, -0.15) is 0 Å². The van der Waals surface area contributed by atoms with E-state index in [0.29, 0.717) is 12.0 Å². The quantitative estimate of drug-likeness (QED) is 0.507. The Labute approximate surface area is 197 Å². The summed E-state index contributed by atoms with van der Waals surface area (Å²) >= 11 is 0. The van der Waals surface area contributed by atoms with Crippen LogP contribution in [0.5, 0.6) is 5.75 Å². The molecule has 4 nitrogen and oxygen atoms in total. The molecule has 172 valence electrons. The Morgan fingerprint density at radius 2 is 1.88 bits per heavy atom. The Morgan fingerprint density at radius 1 is 1.03 bits per heavy atom. The normalized spacial score (nSPS) is 17.7. The number of anilines is 1. The Kier molecular flexibility index (Phi) is 6.13. The topological polar surface area (TPSA) is 47.7 Å². The van der Waals surface area contributed by atoms with Crippen LogP contribution in [0.4, 0.5) is 5.69 Å². The summed E-state index contributed by atoms with van der Waals surface area (Å²) in [5.41, 5.74) is 13.8. The van der Waals surface area contributed by atoms with Crippen molar-refractivity contribution in [3.8, 4) is 16.9 Å². The maximum Gasteiger partial charge on any atom is 0.122 e. The van der Waals surface area contributed by atoms with Gasteiger partial charge in [0.15, 0.2) is 0 Å². The fourth-order valence-corrected chi connectivity index (χ4v) is 5.05. The van der Waals surface area contributed by atoms with Crippen LogP contribution in [-0.4, -0.2) is 26.3 Å². The number of aryl methyl sites for hydroxylation is 1. The van der Waals surface area contributed by atoms with Gasteiger partial charge < -0.3 is 20.1 Å². The molecule has 0 aliphatic carbocycles. The number of benzene rings is 3. The van der Waals surface area contributed by atoms with Gasteiger partial charge in [-0.1, -0.05) is 43.3 Å². The standard InChI is InChI=1S/C29H34N2O2/c1-3-23-7-4-5-10-28(23)33-17-22-13-26(25-9-6-8-24(15-25)21(2)30)16-27(14-22)31-18-29(19-31)11-12-32-20-29/h4-10,13-16,21H,3,11-12,17-20,30H2,1-2H3. The molecule has 5 rings (SSSR count). The van der Waals surface area contributed by atoms with Crippen LogP contribution in [-0.2, 0) is 17.8 Å². The minimum Gasteiger partial charge on any atom is -0.489 e. The highest BCUT2D eigenvalue weighted by Gasteiger charge is 2.45. The highest BCUT2D eigenvalue weighted by Crippen LogP contribution is 2.42. The summed E-state index contributed by atoms with van der Waals surface area (Å²) in [6.45, 7) is 8.66. The first-order valence-corrected chi connectivity index (χ1v) is 12.1. The molecule has 0 saturated carbocycles. The number of hydrogen-bond donors (Lipinski definition) is 1. The summed E-state index contributed by atoms with van der Waals surface area (Å²) < 4.78 is 12.0. The second-order valence-corrected chi connectivity index (χ2v) is 9.71. The Morgan fingerprint density at radius 3 is 2.64 bits per heavy atom. The molecule has 1 unspecified atom stereocenters. The second-order valence-electron chi connectivity index (χ2n) is 9.71. The molecule has 2 N–H and O–H groups in total. The first-order chi connectivity index (χ1) is 16.0. The third-order valence-electron chi connectivity index (χ3n) is 7.07. The van der Waals surface area contributed by atoms with Gasteiger partial charge >= 0.3 is 0 Å². The maximum atomic E-state index is 6.29. The molecule has 2 heterocycles. The zero-order valence-electron chi connectivity index (χ0n) is 19.7.